The Morgan fingerprint density at radius 3 is 3.17 bits per heavy atom. The molecule has 66 valence electrons. The number of fused-ring (bicyclic) bond motifs is 1. The minimum atomic E-state index is 0.239. The zero-order chi connectivity index (χ0) is 8.23. The Morgan fingerprint density at radius 1 is 1.42 bits per heavy atom. The third-order valence-electron chi connectivity index (χ3n) is 3.96. The third kappa shape index (κ3) is 0.731. The number of rotatable bonds is 2. The molecule has 0 N–H and O–H groups in total. The number of hydrogen-bond acceptors (Lipinski definition) is 1. The quantitative estimate of drug-likeness (QED) is 0.570. The third-order valence-corrected chi connectivity index (χ3v) is 3.96. The molecule has 1 saturated carbocycles. The van der Waals surface area contributed by atoms with Crippen molar-refractivity contribution in [3.8, 4) is 0 Å². The van der Waals surface area contributed by atoms with Gasteiger partial charge in [0.05, 0.1) is 11.2 Å². The van der Waals surface area contributed by atoms with Crippen molar-refractivity contribution in [3.63, 3.8) is 0 Å². The molecule has 3 fully saturated rings. The monoisotopic (exact) mass is 164 g/mol. The van der Waals surface area contributed by atoms with E-state index in [1.807, 2.05) is 6.08 Å². The first kappa shape index (κ1) is 7.14. The lowest BCUT2D eigenvalue weighted by Crippen LogP contribution is -2.36. The van der Waals surface area contributed by atoms with Crippen LogP contribution in [0.3, 0.4) is 0 Å². The van der Waals surface area contributed by atoms with Crippen LogP contribution in [-0.4, -0.2) is 11.2 Å². The lowest BCUT2D eigenvalue weighted by Gasteiger charge is -2.36. The van der Waals surface area contributed by atoms with Crippen LogP contribution in [0.2, 0.25) is 0 Å². The van der Waals surface area contributed by atoms with Crippen LogP contribution < -0.4 is 0 Å². The van der Waals surface area contributed by atoms with E-state index in [0.717, 1.165) is 12.3 Å². The van der Waals surface area contributed by atoms with Crippen molar-refractivity contribution in [3.05, 3.63) is 12.7 Å². The van der Waals surface area contributed by atoms with Crippen molar-refractivity contribution in [2.75, 3.05) is 0 Å². The van der Waals surface area contributed by atoms with Crippen LogP contribution in [0, 0.1) is 5.92 Å². The predicted molar refractivity (Wildman–Crippen MR) is 47.9 cm³/mol. The van der Waals surface area contributed by atoms with Gasteiger partial charge in [0, 0.05) is 0 Å². The molecule has 1 spiro atoms. The van der Waals surface area contributed by atoms with Gasteiger partial charge in [0.15, 0.2) is 0 Å². The van der Waals surface area contributed by atoms with Crippen LogP contribution in [0.15, 0.2) is 12.7 Å². The van der Waals surface area contributed by atoms with Crippen molar-refractivity contribution in [1.29, 1.82) is 0 Å². The standard InChI is InChI=1S/C11H16O/c1-2-4-10-5-3-6-11(12-10)8-9(11)7-10/h2,9H,1,3-8H2/t9-,10-,11-/m1/s1. The van der Waals surface area contributed by atoms with Crippen LogP contribution in [-0.2, 0) is 4.74 Å². The fourth-order valence-corrected chi connectivity index (χ4v) is 3.37. The molecule has 1 nitrogen and oxygen atoms in total. The smallest absolute Gasteiger partial charge is 0.0728 e. The van der Waals surface area contributed by atoms with E-state index >= 15 is 0 Å². The van der Waals surface area contributed by atoms with Crippen molar-refractivity contribution in [1.82, 2.24) is 0 Å². The van der Waals surface area contributed by atoms with E-state index in [4.69, 9.17) is 4.74 Å². The normalized spacial score (nSPS) is 54.8. The van der Waals surface area contributed by atoms with Crippen molar-refractivity contribution in [2.45, 2.75) is 49.7 Å². The Morgan fingerprint density at radius 2 is 2.33 bits per heavy atom. The molecule has 2 aliphatic heterocycles. The maximum Gasteiger partial charge on any atom is 0.0728 e. The second-order valence-corrected chi connectivity index (χ2v) is 4.80. The Kier molecular flexibility index (Phi) is 1.16. The molecular formula is C11H16O. The molecule has 3 atom stereocenters. The molecule has 0 aromatic rings. The van der Waals surface area contributed by atoms with Gasteiger partial charge < -0.3 is 4.74 Å². The van der Waals surface area contributed by atoms with Gasteiger partial charge in [-0.2, -0.15) is 0 Å². The van der Waals surface area contributed by atoms with Crippen LogP contribution in [0.4, 0.5) is 0 Å². The summed E-state index contributed by atoms with van der Waals surface area (Å²) in [6, 6.07) is 0. The van der Waals surface area contributed by atoms with Gasteiger partial charge in [-0.1, -0.05) is 6.08 Å². The van der Waals surface area contributed by atoms with Crippen LogP contribution in [0.1, 0.15) is 38.5 Å². The van der Waals surface area contributed by atoms with Crippen molar-refractivity contribution < 1.29 is 4.74 Å². The van der Waals surface area contributed by atoms with E-state index in [1.54, 1.807) is 0 Å². The lowest BCUT2D eigenvalue weighted by molar-refractivity contribution is -0.109. The summed E-state index contributed by atoms with van der Waals surface area (Å²) in [5.41, 5.74) is 0.615. The summed E-state index contributed by atoms with van der Waals surface area (Å²) in [5.74, 6) is 0.917. The summed E-state index contributed by atoms with van der Waals surface area (Å²) in [7, 11) is 0. The Bertz CT molecular complexity index is 235. The summed E-state index contributed by atoms with van der Waals surface area (Å²) in [5, 5.41) is 0. The zero-order valence-corrected chi connectivity index (χ0v) is 7.51. The second kappa shape index (κ2) is 1.95. The van der Waals surface area contributed by atoms with E-state index in [1.165, 1.54) is 32.1 Å². The molecule has 3 rings (SSSR count). The molecular weight excluding hydrogens is 148 g/mol. The van der Waals surface area contributed by atoms with Gasteiger partial charge >= 0.3 is 0 Å². The molecule has 3 aliphatic rings. The molecule has 2 saturated heterocycles. The minimum absolute atomic E-state index is 0.239. The highest BCUT2D eigenvalue weighted by atomic mass is 16.5. The summed E-state index contributed by atoms with van der Waals surface area (Å²) in [4.78, 5) is 0. The summed E-state index contributed by atoms with van der Waals surface area (Å²) >= 11 is 0. The minimum Gasteiger partial charge on any atom is -0.368 e. The summed E-state index contributed by atoms with van der Waals surface area (Å²) in [6.45, 7) is 3.82. The van der Waals surface area contributed by atoms with Crippen molar-refractivity contribution in [2.24, 2.45) is 5.92 Å². The van der Waals surface area contributed by atoms with Gasteiger partial charge in [-0.05, 0) is 44.4 Å². The lowest BCUT2D eigenvalue weighted by atomic mass is 9.88. The largest absolute Gasteiger partial charge is 0.368 e. The number of ether oxygens (including phenoxy) is 1. The Balaban J connectivity index is 1.86. The molecule has 1 aliphatic carbocycles. The summed E-state index contributed by atoms with van der Waals surface area (Å²) in [6.07, 6.45) is 9.76. The highest BCUT2D eigenvalue weighted by Crippen LogP contribution is 2.66. The molecule has 1 heteroatoms. The first-order chi connectivity index (χ1) is 5.79. The Labute approximate surface area is 73.8 Å². The van der Waals surface area contributed by atoms with Crippen LogP contribution >= 0.6 is 0 Å². The predicted octanol–water partition coefficient (Wildman–Crippen LogP) is 2.66. The van der Waals surface area contributed by atoms with Gasteiger partial charge in [-0.25, -0.2) is 0 Å². The molecule has 0 aromatic heterocycles. The molecule has 0 amide bonds. The van der Waals surface area contributed by atoms with Gasteiger partial charge in [0.1, 0.15) is 0 Å². The first-order valence-corrected chi connectivity index (χ1v) is 5.10. The maximum atomic E-state index is 6.22. The molecule has 0 radical (unpaired) electrons. The van der Waals surface area contributed by atoms with Gasteiger partial charge in [0.25, 0.3) is 0 Å². The molecule has 2 heterocycles. The van der Waals surface area contributed by atoms with Crippen LogP contribution in [0.5, 0.6) is 0 Å². The topological polar surface area (TPSA) is 9.23 Å². The molecule has 2 bridgehead atoms. The average molecular weight is 164 g/mol. The molecule has 0 unspecified atom stereocenters. The summed E-state index contributed by atoms with van der Waals surface area (Å²) < 4.78 is 6.22. The van der Waals surface area contributed by atoms with Gasteiger partial charge in [-0.3, -0.25) is 0 Å². The van der Waals surface area contributed by atoms with E-state index < -0.39 is 0 Å². The first-order valence-electron chi connectivity index (χ1n) is 5.10. The van der Waals surface area contributed by atoms with E-state index in [2.05, 4.69) is 6.58 Å². The fourth-order valence-electron chi connectivity index (χ4n) is 3.37. The van der Waals surface area contributed by atoms with Gasteiger partial charge in [0.2, 0.25) is 0 Å². The SMILES string of the molecule is C=CC[C@@]12CCC[C@]3(C[C@H]3C1)O2. The highest BCUT2D eigenvalue weighted by Gasteiger charge is 2.67. The molecule has 12 heavy (non-hydrogen) atoms. The van der Waals surface area contributed by atoms with E-state index in [9.17, 15) is 0 Å². The molecule has 0 aromatic carbocycles. The van der Waals surface area contributed by atoms with E-state index in [0.29, 0.717) is 5.60 Å². The maximum absolute atomic E-state index is 6.22. The van der Waals surface area contributed by atoms with E-state index in [-0.39, 0.29) is 5.60 Å². The van der Waals surface area contributed by atoms with Crippen molar-refractivity contribution >= 4 is 0 Å². The van der Waals surface area contributed by atoms with Crippen LogP contribution in [0.25, 0.3) is 0 Å². The average Bonchev–Trinajstić information content (AvgIpc) is 2.56. The second-order valence-electron chi connectivity index (χ2n) is 4.80. The number of hydrogen-bond donors (Lipinski definition) is 0. The zero-order valence-electron chi connectivity index (χ0n) is 7.51. The highest BCUT2D eigenvalue weighted by molar-refractivity contribution is 5.18. The van der Waals surface area contributed by atoms with Gasteiger partial charge in [-0.15, -0.1) is 6.58 Å². The fraction of sp³-hybridized carbons (Fsp3) is 0.818. The Hall–Kier alpha value is -0.300.